The van der Waals surface area contributed by atoms with Crippen LogP contribution in [0.1, 0.15) is 13.3 Å². The summed E-state index contributed by atoms with van der Waals surface area (Å²) in [5, 5.41) is 7.18. The van der Waals surface area contributed by atoms with E-state index in [1.54, 1.807) is 0 Å². The molecule has 0 N–H and O–H groups in total. The van der Waals surface area contributed by atoms with E-state index in [0.29, 0.717) is 0 Å². The van der Waals surface area contributed by atoms with Crippen LogP contribution in [0.25, 0.3) is 0 Å². The molecule has 7 heavy (non-hydrogen) atoms. The van der Waals surface area contributed by atoms with E-state index >= 15 is 0 Å². The Labute approximate surface area is 42.6 Å². The second-order valence-electron chi connectivity index (χ2n) is 1.28. The van der Waals surface area contributed by atoms with E-state index in [2.05, 4.69) is 22.1 Å². The maximum atomic E-state index is 3.59. The Morgan fingerprint density at radius 3 is 2.71 bits per heavy atom. The molecule has 0 spiro atoms. The van der Waals surface area contributed by atoms with Gasteiger partial charge in [0, 0.05) is 6.42 Å². The van der Waals surface area contributed by atoms with Crippen molar-refractivity contribution >= 4 is 0 Å². The van der Waals surface area contributed by atoms with Crippen LogP contribution in [-0.2, 0) is 0 Å². The molecule has 2 nitrogen and oxygen atoms in total. The third kappa shape index (κ3) is 1.36. The summed E-state index contributed by atoms with van der Waals surface area (Å²) in [6.07, 6.45) is 0.946. The van der Waals surface area contributed by atoms with Gasteiger partial charge < -0.3 is 0 Å². The monoisotopic (exact) mass is 94.1 g/mol. The Morgan fingerprint density at radius 1 is 1.57 bits per heavy atom. The van der Waals surface area contributed by atoms with Crippen LogP contribution in [0.2, 0.25) is 0 Å². The normalized spacial score (nSPS) is 15.6. The molecule has 0 saturated carbocycles. The Bertz CT molecular complexity index is 132. The Hall–Kier alpha value is -0.840. The zero-order chi connectivity index (χ0) is 5.11. The minimum absolute atomic E-state index is 0.0416. The second-order valence-corrected chi connectivity index (χ2v) is 1.28. The molecule has 0 radical (unpaired) electrons. The van der Waals surface area contributed by atoms with Crippen LogP contribution in [0.3, 0.4) is 0 Å². The van der Waals surface area contributed by atoms with Gasteiger partial charge in [-0.25, -0.2) is 0 Å². The Kier molecular flexibility index (Phi) is 1.08. The standard InChI is InChI=1S/C5H6N2/c1-2-3-4-5-6-7-5/h5H,2H2,1H3. The molecule has 2 heteroatoms. The SMILES string of the molecule is CCC#CC1N=N1. The molecule has 0 fully saturated rings. The predicted octanol–water partition coefficient (Wildman–Crippen LogP) is 1.19. The molecule has 0 atom stereocenters. The van der Waals surface area contributed by atoms with Gasteiger partial charge in [0.05, 0.1) is 0 Å². The average molecular weight is 94.1 g/mol. The summed E-state index contributed by atoms with van der Waals surface area (Å²) in [7, 11) is 0. The number of hydrogen-bond acceptors (Lipinski definition) is 2. The highest BCUT2D eigenvalue weighted by Crippen LogP contribution is 2.06. The summed E-state index contributed by atoms with van der Waals surface area (Å²) in [6, 6.07) is 0. The smallest absolute Gasteiger partial charge is 0.148 e. The van der Waals surface area contributed by atoms with Crippen LogP contribution in [0.4, 0.5) is 0 Å². The lowest BCUT2D eigenvalue weighted by molar-refractivity contribution is 1.22. The molecule has 36 valence electrons. The molecule has 1 rings (SSSR count). The van der Waals surface area contributed by atoms with Crippen molar-refractivity contribution in [2.24, 2.45) is 10.2 Å². The van der Waals surface area contributed by atoms with E-state index in [4.69, 9.17) is 0 Å². The lowest BCUT2D eigenvalue weighted by Gasteiger charge is -1.65. The third-order valence-electron chi connectivity index (χ3n) is 0.639. The maximum Gasteiger partial charge on any atom is 0.240 e. The highest BCUT2D eigenvalue weighted by atomic mass is 15.4. The first-order valence-corrected chi connectivity index (χ1v) is 2.32. The topological polar surface area (TPSA) is 24.7 Å². The van der Waals surface area contributed by atoms with Gasteiger partial charge in [0.2, 0.25) is 6.17 Å². The largest absolute Gasteiger partial charge is 0.240 e. The van der Waals surface area contributed by atoms with Gasteiger partial charge in [-0.3, -0.25) is 0 Å². The first kappa shape index (κ1) is 4.32. The Balaban J connectivity index is 2.18. The summed E-state index contributed by atoms with van der Waals surface area (Å²) < 4.78 is 0. The number of rotatable bonds is 0. The van der Waals surface area contributed by atoms with Gasteiger partial charge in [0.25, 0.3) is 0 Å². The molecule has 0 bridgehead atoms. The van der Waals surface area contributed by atoms with Crippen LogP contribution >= 0.6 is 0 Å². The van der Waals surface area contributed by atoms with Gasteiger partial charge in [-0.05, 0) is 5.92 Å². The highest BCUT2D eigenvalue weighted by molar-refractivity contribution is 5.09. The van der Waals surface area contributed by atoms with E-state index < -0.39 is 0 Å². The first-order valence-electron chi connectivity index (χ1n) is 2.32. The zero-order valence-corrected chi connectivity index (χ0v) is 4.18. The first-order chi connectivity index (χ1) is 3.43. The lowest BCUT2D eigenvalue weighted by atomic mass is 10.4. The summed E-state index contributed by atoms with van der Waals surface area (Å²) >= 11 is 0. The fourth-order valence-corrected chi connectivity index (χ4v) is 0.284. The predicted molar refractivity (Wildman–Crippen MR) is 26.7 cm³/mol. The molecular weight excluding hydrogens is 88.1 g/mol. The van der Waals surface area contributed by atoms with E-state index in [0.717, 1.165) is 6.42 Å². The fraction of sp³-hybridized carbons (Fsp3) is 0.600. The molecule has 0 aliphatic carbocycles. The van der Waals surface area contributed by atoms with Crippen molar-refractivity contribution in [3.8, 4) is 11.8 Å². The van der Waals surface area contributed by atoms with Crippen LogP contribution in [0, 0.1) is 11.8 Å². The van der Waals surface area contributed by atoms with Crippen molar-refractivity contribution in [2.45, 2.75) is 19.5 Å². The van der Waals surface area contributed by atoms with Crippen molar-refractivity contribution in [2.75, 3.05) is 0 Å². The lowest BCUT2D eigenvalue weighted by Crippen LogP contribution is -1.71. The van der Waals surface area contributed by atoms with Gasteiger partial charge in [0.1, 0.15) is 0 Å². The Morgan fingerprint density at radius 2 is 2.29 bits per heavy atom. The van der Waals surface area contributed by atoms with Crippen molar-refractivity contribution in [3.63, 3.8) is 0 Å². The fourth-order valence-electron chi connectivity index (χ4n) is 0.284. The highest BCUT2D eigenvalue weighted by Gasteiger charge is 2.08. The third-order valence-corrected chi connectivity index (χ3v) is 0.639. The molecule has 0 aromatic heterocycles. The summed E-state index contributed by atoms with van der Waals surface area (Å²) in [5.41, 5.74) is 0. The molecule has 0 unspecified atom stereocenters. The summed E-state index contributed by atoms with van der Waals surface area (Å²) in [4.78, 5) is 0. The molecule has 0 aromatic carbocycles. The van der Waals surface area contributed by atoms with E-state index in [-0.39, 0.29) is 6.17 Å². The molecule has 0 amide bonds. The molecular formula is C5H6N2. The van der Waals surface area contributed by atoms with Crippen molar-refractivity contribution in [1.82, 2.24) is 0 Å². The molecule has 0 aromatic rings. The zero-order valence-electron chi connectivity index (χ0n) is 4.18. The maximum absolute atomic E-state index is 3.59. The summed E-state index contributed by atoms with van der Waals surface area (Å²) in [6.45, 7) is 2.01. The number of hydrogen-bond donors (Lipinski definition) is 0. The van der Waals surface area contributed by atoms with Gasteiger partial charge >= 0.3 is 0 Å². The molecule has 0 saturated heterocycles. The van der Waals surface area contributed by atoms with Crippen molar-refractivity contribution in [1.29, 1.82) is 0 Å². The van der Waals surface area contributed by atoms with Crippen LogP contribution < -0.4 is 0 Å². The van der Waals surface area contributed by atoms with Gasteiger partial charge in [-0.15, -0.1) is 10.2 Å². The van der Waals surface area contributed by atoms with E-state index in [1.165, 1.54) is 0 Å². The minimum atomic E-state index is 0.0416. The number of nitrogens with zero attached hydrogens (tertiary/aromatic N) is 2. The molecule has 1 aliphatic rings. The van der Waals surface area contributed by atoms with Crippen LogP contribution in [0.5, 0.6) is 0 Å². The second kappa shape index (κ2) is 1.74. The average Bonchev–Trinajstić information content (AvgIpc) is 2.42. The van der Waals surface area contributed by atoms with Crippen molar-refractivity contribution in [3.05, 3.63) is 0 Å². The quantitative estimate of drug-likeness (QED) is 0.403. The van der Waals surface area contributed by atoms with Crippen molar-refractivity contribution < 1.29 is 0 Å². The van der Waals surface area contributed by atoms with Gasteiger partial charge in [0.15, 0.2) is 0 Å². The van der Waals surface area contributed by atoms with E-state index in [9.17, 15) is 0 Å². The van der Waals surface area contributed by atoms with Crippen LogP contribution in [-0.4, -0.2) is 6.17 Å². The minimum Gasteiger partial charge on any atom is -0.148 e. The summed E-state index contributed by atoms with van der Waals surface area (Å²) in [5.74, 6) is 5.70. The van der Waals surface area contributed by atoms with E-state index in [1.807, 2.05) is 6.92 Å². The molecule has 1 heterocycles. The van der Waals surface area contributed by atoms with Crippen LogP contribution in [0.15, 0.2) is 10.2 Å². The van der Waals surface area contributed by atoms with Gasteiger partial charge in [-0.1, -0.05) is 12.8 Å². The van der Waals surface area contributed by atoms with Gasteiger partial charge in [-0.2, -0.15) is 0 Å². The molecule has 1 aliphatic heterocycles.